The van der Waals surface area contributed by atoms with Crippen molar-refractivity contribution in [3.05, 3.63) is 35.9 Å². The van der Waals surface area contributed by atoms with Gasteiger partial charge in [0.05, 0.1) is 0 Å². The van der Waals surface area contributed by atoms with Gasteiger partial charge in [-0.2, -0.15) is 0 Å². The lowest BCUT2D eigenvalue weighted by Gasteiger charge is -2.49. The second kappa shape index (κ2) is 6.93. The molecule has 0 aromatic heterocycles. The van der Waals surface area contributed by atoms with Crippen LogP contribution in [0.1, 0.15) is 50.5 Å². The highest BCUT2D eigenvalue weighted by molar-refractivity contribution is 5.15. The van der Waals surface area contributed by atoms with E-state index in [-0.39, 0.29) is 0 Å². The molecule has 21 heavy (non-hydrogen) atoms. The summed E-state index contributed by atoms with van der Waals surface area (Å²) in [4.78, 5) is 2.74. The summed E-state index contributed by atoms with van der Waals surface area (Å²) in [5.41, 5.74) is 8.03. The van der Waals surface area contributed by atoms with Crippen molar-refractivity contribution in [1.29, 1.82) is 0 Å². The summed E-state index contributed by atoms with van der Waals surface area (Å²) in [7, 11) is 0. The van der Waals surface area contributed by atoms with Gasteiger partial charge in [-0.25, -0.2) is 0 Å². The molecule has 2 aliphatic rings. The van der Waals surface area contributed by atoms with Gasteiger partial charge in [-0.15, -0.1) is 0 Å². The zero-order valence-electron chi connectivity index (χ0n) is 13.3. The van der Waals surface area contributed by atoms with Crippen LogP contribution < -0.4 is 5.73 Å². The Morgan fingerprint density at radius 1 is 1.00 bits per heavy atom. The molecule has 2 nitrogen and oxygen atoms in total. The maximum absolute atomic E-state index is 6.19. The lowest BCUT2D eigenvalue weighted by molar-refractivity contribution is 0.0268. The van der Waals surface area contributed by atoms with Gasteiger partial charge in [-0.05, 0) is 56.7 Å². The van der Waals surface area contributed by atoms with Crippen LogP contribution in [0, 0.1) is 5.92 Å². The molecule has 3 rings (SSSR count). The van der Waals surface area contributed by atoms with Crippen molar-refractivity contribution in [2.24, 2.45) is 11.7 Å². The van der Waals surface area contributed by atoms with Gasteiger partial charge in [0.15, 0.2) is 0 Å². The molecular formula is C19H30N2. The topological polar surface area (TPSA) is 29.3 Å². The summed E-state index contributed by atoms with van der Waals surface area (Å²) in [5.74, 6) is 0.863. The highest BCUT2D eigenvalue weighted by Crippen LogP contribution is 2.36. The third-order valence-corrected chi connectivity index (χ3v) is 5.82. The molecule has 1 aromatic carbocycles. The molecule has 1 aromatic rings. The van der Waals surface area contributed by atoms with Gasteiger partial charge in [0.25, 0.3) is 0 Å². The molecule has 0 atom stereocenters. The molecule has 1 heterocycles. The third kappa shape index (κ3) is 3.49. The van der Waals surface area contributed by atoms with E-state index in [1.54, 1.807) is 0 Å². The molecule has 0 unspecified atom stereocenters. The van der Waals surface area contributed by atoms with E-state index in [2.05, 4.69) is 35.2 Å². The van der Waals surface area contributed by atoms with Crippen molar-refractivity contribution in [2.75, 3.05) is 19.6 Å². The van der Waals surface area contributed by atoms with Crippen LogP contribution in [0.15, 0.2) is 30.3 Å². The molecule has 116 valence electrons. The number of rotatable bonds is 4. The van der Waals surface area contributed by atoms with Crippen LogP contribution in [0.4, 0.5) is 0 Å². The SMILES string of the molecule is NCC1(N2CCC(Cc3ccccc3)CC2)CCCCC1. The number of benzene rings is 1. The fourth-order valence-corrected chi connectivity index (χ4v) is 4.42. The molecule has 0 radical (unpaired) electrons. The number of likely N-dealkylation sites (tertiary alicyclic amines) is 1. The summed E-state index contributed by atoms with van der Waals surface area (Å²) < 4.78 is 0. The predicted octanol–water partition coefficient (Wildman–Crippen LogP) is 3.60. The van der Waals surface area contributed by atoms with Crippen LogP contribution in [-0.2, 0) is 6.42 Å². The minimum absolute atomic E-state index is 0.343. The van der Waals surface area contributed by atoms with Gasteiger partial charge in [-0.1, -0.05) is 49.6 Å². The Hall–Kier alpha value is -0.860. The Bertz CT molecular complexity index is 414. The van der Waals surface area contributed by atoms with Gasteiger partial charge < -0.3 is 5.73 Å². The minimum atomic E-state index is 0.343. The van der Waals surface area contributed by atoms with E-state index >= 15 is 0 Å². The van der Waals surface area contributed by atoms with Crippen molar-refractivity contribution >= 4 is 0 Å². The van der Waals surface area contributed by atoms with Crippen LogP contribution in [0.25, 0.3) is 0 Å². The summed E-state index contributed by atoms with van der Waals surface area (Å²) in [5, 5.41) is 0. The predicted molar refractivity (Wildman–Crippen MR) is 89.3 cm³/mol. The highest BCUT2D eigenvalue weighted by Gasteiger charge is 2.38. The number of nitrogens with zero attached hydrogens (tertiary/aromatic N) is 1. The Balaban J connectivity index is 1.54. The Morgan fingerprint density at radius 3 is 2.29 bits per heavy atom. The smallest absolute Gasteiger partial charge is 0.0331 e. The summed E-state index contributed by atoms with van der Waals surface area (Å²) in [6.07, 6.45) is 10.8. The lowest BCUT2D eigenvalue weighted by atomic mass is 9.78. The zero-order chi connectivity index (χ0) is 14.5. The van der Waals surface area contributed by atoms with E-state index in [9.17, 15) is 0 Å². The van der Waals surface area contributed by atoms with Crippen molar-refractivity contribution in [3.63, 3.8) is 0 Å². The van der Waals surface area contributed by atoms with Crippen molar-refractivity contribution < 1.29 is 0 Å². The summed E-state index contributed by atoms with van der Waals surface area (Å²) in [6, 6.07) is 11.0. The third-order valence-electron chi connectivity index (χ3n) is 5.82. The van der Waals surface area contributed by atoms with Crippen molar-refractivity contribution in [1.82, 2.24) is 4.90 Å². The molecule has 2 heteroatoms. The largest absolute Gasteiger partial charge is 0.329 e. The van der Waals surface area contributed by atoms with Crippen molar-refractivity contribution in [2.45, 2.75) is 56.9 Å². The van der Waals surface area contributed by atoms with Crippen LogP contribution in [0.2, 0.25) is 0 Å². The van der Waals surface area contributed by atoms with Crippen molar-refractivity contribution in [3.8, 4) is 0 Å². The minimum Gasteiger partial charge on any atom is -0.329 e. The quantitative estimate of drug-likeness (QED) is 0.916. The van der Waals surface area contributed by atoms with E-state index in [0.717, 1.165) is 12.5 Å². The molecule has 1 aliphatic carbocycles. The molecule has 0 amide bonds. The van der Waals surface area contributed by atoms with Gasteiger partial charge in [0.2, 0.25) is 0 Å². The first-order chi connectivity index (χ1) is 10.3. The molecule has 2 fully saturated rings. The molecular weight excluding hydrogens is 256 g/mol. The molecule has 1 saturated carbocycles. The average Bonchev–Trinajstić information content (AvgIpc) is 2.57. The van der Waals surface area contributed by atoms with Crippen LogP contribution in [0.5, 0.6) is 0 Å². The van der Waals surface area contributed by atoms with E-state index in [0.29, 0.717) is 5.54 Å². The van der Waals surface area contributed by atoms with Crippen LogP contribution in [-0.4, -0.2) is 30.1 Å². The number of piperidine rings is 1. The first kappa shape index (κ1) is 15.1. The van der Waals surface area contributed by atoms with E-state index < -0.39 is 0 Å². The average molecular weight is 286 g/mol. The van der Waals surface area contributed by atoms with Crippen LogP contribution >= 0.6 is 0 Å². The lowest BCUT2D eigenvalue weighted by Crippen LogP contribution is -2.57. The Morgan fingerprint density at radius 2 is 1.67 bits per heavy atom. The standard InChI is InChI=1S/C19H30N2/c20-16-19(11-5-2-6-12-19)21-13-9-18(10-14-21)15-17-7-3-1-4-8-17/h1,3-4,7-8,18H,2,5-6,9-16,20H2. The van der Waals surface area contributed by atoms with Gasteiger partial charge in [-0.3, -0.25) is 4.90 Å². The maximum Gasteiger partial charge on any atom is 0.0331 e. The molecule has 0 bridgehead atoms. The highest BCUT2D eigenvalue weighted by atomic mass is 15.2. The first-order valence-corrected chi connectivity index (χ1v) is 8.81. The molecule has 2 N–H and O–H groups in total. The van der Waals surface area contributed by atoms with Gasteiger partial charge in [0, 0.05) is 12.1 Å². The molecule has 1 aliphatic heterocycles. The molecule has 0 spiro atoms. The summed E-state index contributed by atoms with van der Waals surface area (Å²) >= 11 is 0. The van der Waals surface area contributed by atoms with Gasteiger partial charge in [0.1, 0.15) is 0 Å². The maximum atomic E-state index is 6.19. The normalized spacial score (nSPS) is 24.0. The number of nitrogens with two attached hydrogens (primary N) is 1. The molecule has 1 saturated heterocycles. The fourth-order valence-electron chi connectivity index (χ4n) is 4.42. The number of hydrogen-bond donors (Lipinski definition) is 1. The second-order valence-electron chi connectivity index (χ2n) is 7.11. The van der Waals surface area contributed by atoms with Gasteiger partial charge >= 0.3 is 0 Å². The Kier molecular flexibility index (Phi) is 4.97. The fraction of sp³-hybridized carbons (Fsp3) is 0.684. The van der Waals surface area contributed by atoms with E-state index in [1.165, 1.54) is 70.0 Å². The summed E-state index contributed by atoms with van der Waals surface area (Å²) in [6.45, 7) is 3.37. The van der Waals surface area contributed by atoms with Crippen LogP contribution in [0.3, 0.4) is 0 Å². The Labute approximate surface area is 129 Å². The second-order valence-corrected chi connectivity index (χ2v) is 7.11. The first-order valence-electron chi connectivity index (χ1n) is 8.81. The van der Waals surface area contributed by atoms with E-state index in [1.807, 2.05) is 0 Å². The monoisotopic (exact) mass is 286 g/mol. The van der Waals surface area contributed by atoms with E-state index in [4.69, 9.17) is 5.73 Å². The zero-order valence-corrected chi connectivity index (χ0v) is 13.3. The number of hydrogen-bond acceptors (Lipinski definition) is 2.